The van der Waals surface area contributed by atoms with Gasteiger partial charge >= 0.3 is 5.97 Å². The lowest BCUT2D eigenvalue weighted by Crippen LogP contribution is -2.46. The zero-order valence-corrected chi connectivity index (χ0v) is 42.3. The highest BCUT2D eigenvalue weighted by molar-refractivity contribution is 5.77. The van der Waals surface area contributed by atoms with Crippen molar-refractivity contribution in [2.75, 3.05) is 6.61 Å². The molecule has 0 aliphatic heterocycles. The summed E-state index contributed by atoms with van der Waals surface area (Å²) in [5.41, 5.74) is 0. The van der Waals surface area contributed by atoms with Crippen LogP contribution in [0.15, 0.2) is 0 Å². The van der Waals surface area contributed by atoms with Gasteiger partial charge in [-0.25, -0.2) is 0 Å². The van der Waals surface area contributed by atoms with Crippen molar-refractivity contribution in [3.63, 3.8) is 0 Å². The van der Waals surface area contributed by atoms with Crippen molar-refractivity contribution in [2.45, 2.75) is 341 Å². The van der Waals surface area contributed by atoms with Crippen molar-refractivity contribution in [3.8, 4) is 0 Å². The Bertz CT molecular complexity index is 898. The summed E-state index contributed by atoms with van der Waals surface area (Å²) < 4.78 is 5.96. The Morgan fingerprint density at radius 2 is 0.677 bits per heavy atom. The first-order valence-corrected chi connectivity index (χ1v) is 28.3. The van der Waals surface area contributed by atoms with E-state index in [0.29, 0.717) is 19.3 Å². The summed E-state index contributed by atoms with van der Waals surface area (Å²) in [6.45, 7) is 6.52. The number of carbonyl (C=O) groups is 2. The van der Waals surface area contributed by atoms with Crippen LogP contribution in [0.4, 0.5) is 0 Å². The van der Waals surface area contributed by atoms with E-state index in [2.05, 4.69) is 26.1 Å². The molecule has 0 aromatic carbocycles. The molecule has 0 rings (SSSR count). The van der Waals surface area contributed by atoms with Crippen LogP contribution in [0.3, 0.4) is 0 Å². The molecule has 0 heterocycles. The van der Waals surface area contributed by atoms with Crippen LogP contribution in [0.5, 0.6) is 0 Å². The van der Waals surface area contributed by atoms with E-state index in [4.69, 9.17) is 4.74 Å². The first-order valence-electron chi connectivity index (χ1n) is 28.3. The fourth-order valence-electron chi connectivity index (χ4n) is 9.14. The average Bonchev–Trinajstić information content (AvgIpc) is 3.26. The molecule has 3 N–H and O–H groups in total. The normalized spacial score (nSPS) is 13.0. The number of amides is 1. The summed E-state index contributed by atoms with van der Waals surface area (Å²) in [7, 11) is 0. The molecule has 370 valence electrons. The Kier molecular flexibility index (Phi) is 49.9. The molecule has 62 heavy (non-hydrogen) atoms. The molecule has 0 bridgehead atoms. The minimum absolute atomic E-state index is 0.0883. The second-order valence-corrected chi connectivity index (χ2v) is 19.7. The summed E-state index contributed by atoms with van der Waals surface area (Å²) in [5.74, 6) is -0.446. The van der Waals surface area contributed by atoms with E-state index in [0.717, 1.165) is 38.5 Å². The lowest BCUT2D eigenvalue weighted by atomic mass is 10.0. The van der Waals surface area contributed by atoms with Crippen LogP contribution in [0.25, 0.3) is 0 Å². The SMILES string of the molecule is CCCCCCCCCCCCCCCCCCCC(CC(=O)NC(CO)C(O)CCCCCCCCCCCC)OC(=O)CCCCCCCCCCCCCCCCCC. The number of unbranched alkanes of at least 4 members (excludes halogenated alkanes) is 40. The highest BCUT2D eigenvalue weighted by atomic mass is 16.5. The summed E-state index contributed by atoms with van der Waals surface area (Å²) in [4.78, 5) is 26.2. The van der Waals surface area contributed by atoms with Gasteiger partial charge < -0.3 is 20.3 Å². The molecule has 0 saturated heterocycles. The highest BCUT2D eigenvalue weighted by Gasteiger charge is 2.24. The van der Waals surface area contributed by atoms with Gasteiger partial charge in [-0.15, -0.1) is 0 Å². The molecular formula is C56H111NO5. The molecule has 0 aliphatic rings. The number of carbonyl (C=O) groups excluding carboxylic acids is 2. The number of ether oxygens (including phenoxy) is 1. The number of rotatable bonds is 52. The van der Waals surface area contributed by atoms with Crippen LogP contribution in [0.1, 0.15) is 323 Å². The van der Waals surface area contributed by atoms with Gasteiger partial charge in [-0.05, 0) is 25.7 Å². The maximum Gasteiger partial charge on any atom is 0.306 e. The molecule has 0 aromatic rings. The Balaban J connectivity index is 4.48. The molecule has 0 aliphatic carbocycles. The summed E-state index contributed by atoms with van der Waals surface area (Å²) in [6, 6.07) is -0.692. The fraction of sp³-hybridized carbons (Fsp3) is 0.964. The van der Waals surface area contributed by atoms with Gasteiger partial charge in [-0.2, -0.15) is 0 Å². The highest BCUT2D eigenvalue weighted by Crippen LogP contribution is 2.19. The molecule has 6 nitrogen and oxygen atoms in total. The van der Waals surface area contributed by atoms with E-state index in [1.807, 2.05) is 0 Å². The zero-order chi connectivity index (χ0) is 45.2. The summed E-state index contributed by atoms with van der Waals surface area (Å²) in [6.07, 6.45) is 56.0. The number of nitrogens with one attached hydrogen (secondary N) is 1. The number of hydrogen-bond donors (Lipinski definition) is 3. The minimum Gasteiger partial charge on any atom is -0.462 e. The number of aliphatic hydroxyl groups is 2. The van der Waals surface area contributed by atoms with E-state index in [1.165, 1.54) is 238 Å². The number of hydrogen-bond acceptors (Lipinski definition) is 5. The van der Waals surface area contributed by atoms with Crippen molar-refractivity contribution in [1.82, 2.24) is 5.32 Å². The molecule has 0 spiro atoms. The van der Waals surface area contributed by atoms with Crippen LogP contribution in [-0.4, -0.2) is 46.9 Å². The third kappa shape index (κ3) is 45.4. The predicted octanol–water partition coefficient (Wildman–Crippen LogP) is 17.1. The zero-order valence-electron chi connectivity index (χ0n) is 42.3. The van der Waals surface area contributed by atoms with Crippen molar-refractivity contribution >= 4 is 11.9 Å². The second kappa shape index (κ2) is 50.9. The van der Waals surface area contributed by atoms with Crippen LogP contribution >= 0.6 is 0 Å². The summed E-state index contributed by atoms with van der Waals surface area (Å²) in [5, 5.41) is 23.8. The Morgan fingerprint density at radius 3 is 0.984 bits per heavy atom. The molecule has 0 fully saturated rings. The van der Waals surface area contributed by atoms with Gasteiger partial charge in [0, 0.05) is 6.42 Å². The Morgan fingerprint density at radius 1 is 0.403 bits per heavy atom. The van der Waals surface area contributed by atoms with Gasteiger partial charge in [-0.3, -0.25) is 9.59 Å². The minimum atomic E-state index is -0.779. The maximum absolute atomic E-state index is 13.2. The van der Waals surface area contributed by atoms with Crippen molar-refractivity contribution in [2.24, 2.45) is 0 Å². The monoisotopic (exact) mass is 878 g/mol. The lowest BCUT2D eigenvalue weighted by molar-refractivity contribution is -0.151. The van der Waals surface area contributed by atoms with Crippen LogP contribution < -0.4 is 5.32 Å². The molecule has 3 unspecified atom stereocenters. The molecule has 0 radical (unpaired) electrons. The standard InChI is InChI=1S/C56H111NO5/c1-4-7-10-13-16-19-22-24-26-28-29-31-33-35-38-41-44-47-52(50-55(60)57-53(51-58)54(59)48-45-42-39-36-21-18-15-12-9-6-3)62-56(61)49-46-43-40-37-34-32-30-27-25-23-20-17-14-11-8-5-2/h52-54,58-59H,4-51H2,1-3H3,(H,57,60). The molecule has 6 heteroatoms. The van der Waals surface area contributed by atoms with E-state index in [-0.39, 0.29) is 24.9 Å². The number of aliphatic hydroxyl groups excluding tert-OH is 2. The van der Waals surface area contributed by atoms with Gasteiger partial charge in [0.1, 0.15) is 6.10 Å². The molecule has 3 atom stereocenters. The van der Waals surface area contributed by atoms with Gasteiger partial charge in [0.25, 0.3) is 0 Å². The first-order chi connectivity index (χ1) is 30.5. The molecule has 1 amide bonds. The Hall–Kier alpha value is -1.14. The van der Waals surface area contributed by atoms with Crippen LogP contribution in [-0.2, 0) is 14.3 Å². The van der Waals surface area contributed by atoms with E-state index in [9.17, 15) is 19.8 Å². The lowest BCUT2D eigenvalue weighted by Gasteiger charge is -2.24. The van der Waals surface area contributed by atoms with Gasteiger partial charge in [-0.1, -0.05) is 284 Å². The number of esters is 1. The second-order valence-electron chi connectivity index (χ2n) is 19.7. The molecular weight excluding hydrogens is 767 g/mol. The van der Waals surface area contributed by atoms with Gasteiger partial charge in [0.15, 0.2) is 0 Å². The average molecular weight is 879 g/mol. The third-order valence-electron chi connectivity index (χ3n) is 13.4. The third-order valence-corrected chi connectivity index (χ3v) is 13.4. The quantitative estimate of drug-likeness (QED) is 0.0418. The van der Waals surface area contributed by atoms with E-state index >= 15 is 0 Å². The smallest absolute Gasteiger partial charge is 0.306 e. The molecule has 0 aromatic heterocycles. The van der Waals surface area contributed by atoms with Crippen LogP contribution in [0, 0.1) is 0 Å². The van der Waals surface area contributed by atoms with Gasteiger partial charge in [0.2, 0.25) is 5.91 Å². The van der Waals surface area contributed by atoms with Gasteiger partial charge in [0.05, 0.1) is 25.2 Å². The van der Waals surface area contributed by atoms with E-state index in [1.54, 1.807) is 0 Å². The fourth-order valence-corrected chi connectivity index (χ4v) is 9.14. The molecule has 0 saturated carbocycles. The van der Waals surface area contributed by atoms with Crippen molar-refractivity contribution in [1.29, 1.82) is 0 Å². The van der Waals surface area contributed by atoms with Crippen LogP contribution in [0.2, 0.25) is 0 Å². The maximum atomic E-state index is 13.2. The predicted molar refractivity (Wildman–Crippen MR) is 269 cm³/mol. The Labute approximate surface area is 387 Å². The largest absolute Gasteiger partial charge is 0.462 e. The van der Waals surface area contributed by atoms with Crippen molar-refractivity contribution < 1.29 is 24.5 Å². The van der Waals surface area contributed by atoms with Crippen molar-refractivity contribution in [3.05, 3.63) is 0 Å². The summed E-state index contributed by atoms with van der Waals surface area (Å²) >= 11 is 0. The van der Waals surface area contributed by atoms with E-state index < -0.39 is 18.2 Å². The topological polar surface area (TPSA) is 95.9 Å². The first kappa shape index (κ1) is 60.9.